The van der Waals surface area contributed by atoms with Gasteiger partial charge in [0.25, 0.3) is 0 Å². The summed E-state index contributed by atoms with van der Waals surface area (Å²) >= 11 is 6.03. The number of carbonyl (C=O) groups excluding carboxylic acids is 1. The van der Waals surface area contributed by atoms with Crippen molar-refractivity contribution in [1.29, 1.82) is 0 Å². The van der Waals surface area contributed by atoms with E-state index in [4.69, 9.17) is 11.6 Å². The predicted octanol–water partition coefficient (Wildman–Crippen LogP) is 3.66. The Morgan fingerprint density at radius 1 is 1.22 bits per heavy atom. The number of hydrogen-bond acceptors (Lipinski definition) is 2. The molecule has 3 nitrogen and oxygen atoms in total. The van der Waals surface area contributed by atoms with Gasteiger partial charge in [-0.2, -0.15) is 0 Å². The maximum absolute atomic E-state index is 13.0. The van der Waals surface area contributed by atoms with E-state index in [0.717, 1.165) is 62.3 Å². The molecule has 1 unspecified atom stereocenters. The van der Waals surface area contributed by atoms with Gasteiger partial charge >= 0.3 is 0 Å². The van der Waals surface area contributed by atoms with E-state index < -0.39 is 0 Å². The molecular weight excluding hydrogens is 308 g/mol. The molecule has 1 aliphatic heterocycles. The van der Waals surface area contributed by atoms with Crippen LogP contribution in [0.15, 0.2) is 24.3 Å². The third kappa shape index (κ3) is 3.89. The van der Waals surface area contributed by atoms with Gasteiger partial charge in [0, 0.05) is 11.6 Å². The van der Waals surface area contributed by atoms with E-state index in [2.05, 4.69) is 10.6 Å². The number of carbonyl (C=O) groups is 1. The van der Waals surface area contributed by atoms with Crippen molar-refractivity contribution >= 4 is 17.5 Å². The van der Waals surface area contributed by atoms with Crippen LogP contribution in [0.4, 0.5) is 0 Å². The molecular formula is C19H27ClN2O. The second kappa shape index (κ2) is 7.67. The van der Waals surface area contributed by atoms with Crippen molar-refractivity contribution in [3.05, 3.63) is 34.9 Å². The number of benzene rings is 1. The third-order valence-corrected chi connectivity index (χ3v) is 5.79. The lowest BCUT2D eigenvalue weighted by Gasteiger charge is -2.36. The molecule has 2 N–H and O–H groups in total. The first-order valence-electron chi connectivity index (χ1n) is 8.96. The van der Waals surface area contributed by atoms with Crippen LogP contribution < -0.4 is 10.6 Å². The van der Waals surface area contributed by atoms with Gasteiger partial charge in [-0.1, -0.05) is 43.0 Å². The topological polar surface area (TPSA) is 41.1 Å². The summed E-state index contributed by atoms with van der Waals surface area (Å²) in [6, 6.07) is 7.89. The number of hydrogen-bond donors (Lipinski definition) is 2. The van der Waals surface area contributed by atoms with Crippen LogP contribution in [-0.2, 0) is 10.2 Å². The largest absolute Gasteiger partial charge is 0.355 e. The van der Waals surface area contributed by atoms with Crippen molar-refractivity contribution in [2.75, 3.05) is 19.6 Å². The third-order valence-electron chi connectivity index (χ3n) is 5.54. The zero-order valence-electron chi connectivity index (χ0n) is 13.7. The predicted molar refractivity (Wildman–Crippen MR) is 94.8 cm³/mol. The molecule has 1 heterocycles. The molecule has 0 radical (unpaired) electrons. The highest BCUT2D eigenvalue weighted by Gasteiger charge is 2.40. The van der Waals surface area contributed by atoms with Gasteiger partial charge in [0.15, 0.2) is 0 Å². The molecule has 1 aromatic rings. The van der Waals surface area contributed by atoms with Gasteiger partial charge < -0.3 is 10.6 Å². The molecule has 0 bridgehead atoms. The summed E-state index contributed by atoms with van der Waals surface area (Å²) in [5.74, 6) is 0.929. The lowest BCUT2D eigenvalue weighted by atomic mass is 9.68. The molecule has 1 aliphatic carbocycles. The molecule has 1 saturated carbocycles. The minimum absolute atomic E-state index is 0.213. The molecule has 4 heteroatoms. The summed E-state index contributed by atoms with van der Waals surface area (Å²) < 4.78 is 0. The van der Waals surface area contributed by atoms with Gasteiger partial charge in [0.2, 0.25) is 5.91 Å². The van der Waals surface area contributed by atoms with Crippen LogP contribution in [0, 0.1) is 5.92 Å². The molecule has 23 heavy (non-hydrogen) atoms. The smallest absolute Gasteiger partial charge is 0.230 e. The SMILES string of the molecule is O=C(NCCC1CCNC1)C1(c2ccc(Cl)cc2)CCCCC1. The fraction of sp³-hybridized carbons (Fsp3) is 0.632. The molecule has 1 atom stereocenters. The zero-order valence-corrected chi connectivity index (χ0v) is 14.5. The van der Waals surface area contributed by atoms with Gasteiger partial charge in [-0.05, 0) is 62.4 Å². The number of halogens is 1. The van der Waals surface area contributed by atoms with Crippen molar-refractivity contribution in [3.8, 4) is 0 Å². The number of amides is 1. The molecule has 1 amide bonds. The minimum Gasteiger partial charge on any atom is -0.355 e. The molecule has 2 aliphatic rings. The molecule has 3 rings (SSSR count). The van der Waals surface area contributed by atoms with Crippen LogP contribution in [0.2, 0.25) is 5.02 Å². The molecule has 1 saturated heterocycles. The lowest BCUT2D eigenvalue weighted by Crippen LogP contribution is -2.46. The first-order valence-corrected chi connectivity index (χ1v) is 9.33. The first kappa shape index (κ1) is 16.8. The zero-order chi connectivity index (χ0) is 16.1. The van der Waals surface area contributed by atoms with E-state index in [9.17, 15) is 4.79 Å². The molecule has 2 fully saturated rings. The van der Waals surface area contributed by atoms with E-state index in [0.29, 0.717) is 5.92 Å². The van der Waals surface area contributed by atoms with Crippen LogP contribution in [-0.4, -0.2) is 25.5 Å². The highest BCUT2D eigenvalue weighted by molar-refractivity contribution is 6.30. The highest BCUT2D eigenvalue weighted by Crippen LogP contribution is 2.40. The van der Waals surface area contributed by atoms with Crippen LogP contribution in [0.5, 0.6) is 0 Å². The Labute approximate surface area is 144 Å². The Balaban J connectivity index is 1.67. The Morgan fingerprint density at radius 3 is 2.61 bits per heavy atom. The molecule has 126 valence electrons. The van der Waals surface area contributed by atoms with Crippen LogP contribution >= 0.6 is 11.6 Å². The van der Waals surface area contributed by atoms with E-state index in [-0.39, 0.29) is 11.3 Å². The monoisotopic (exact) mass is 334 g/mol. The Morgan fingerprint density at radius 2 is 1.96 bits per heavy atom. The van der Waals surface area contributed by atoms with Gasteiger partial charge in [0.05, 0.1) is 5.41 Å². The number of nitrogens with one attached hydrogen (secondary N) is 2. The normalized spacial score (nSPS) is 23.6. The molecule has 1 aromatic carbocycles. The Kier molecular flexibility index (Phi) is 5.60. The maximum atomic E-state index is 13.0. The Hall–Kier alpha value is -1.06. The average Bonchev–Trinajstić information content (AvgIpc) is 3.09. The van der Waals surface area contributed by atoms with Crippen molar-refractivity contribution in [2.45, 2.75) is 50.4 Å². The van der Waals surface area contributed by atoms with E-state index in [1.807, 2.05) is 24.3 Å². The quantitative estimate of drug-likeness (QED) is 0.862. The summed E-state index contributed by atoms with van der Waals surface area (Å²) in [6.07, 6.45) is 7.70. The van der Waals surface area contributed by atoms with E-state index >= 15 is 0 Å². The standard InChI is InChI=1S/C19H27ClN2O/c20-17-6-4-16(5-7-17)19(10-2-1-3-11-19)18(23)22-13-9-15-8-12-21-14-15/h4-7,15,21H,1-3,8-14H2,(H,22,23). The fourth-order valence-electron chi connectivity index (χ4n) is 4.09. The maximum Gasteiger partial charge on any atom is 0.230 e. The minimum atomic E-state index is -0.350. The molecule has 0 aromatic heterocycles. The highest BCUT2D eigenvalue weighted by atomic mass is 35.5. The lowest BCUT2D eigenvalue weighted by molar-refractivity contribution is -0.128. The van der Waals surface area contributed by atoms with Crippen LogP contribution in [0.25, 0.3) is 0 Å². The summed E-state index contributed by atoms with van der Waals surface area (Å²) in [7, 11) is 0. The average molecular weight is 335 g/mol. The van der Waals surface area contributed by atoms with E-state index in [1.165, 1.54) is 12.8 Å². The van der Waals surface area contributed by atoms with Crippen LogP contribution in [0.1, 0.15) is 50.5 Å². The van der Waals surface area contributed by atoms with Gasteiger partial charge in [0.1, 0.15) is 0 Å². The fourth-order valence-corrected chi connectivity index (χ4v) is 4.22. The summed E-state index contributed by atoms with van der Waals surface area (Å²) in [6.45, 7) is 3.01. The molecule has 0 spiro atoms. The second-order valence-electron chi connectivity index (χ2n) is 7.05. The first-order chi connectivity index (χ1) is 11.2. The van der Waals surface area contributed by atoms with Crippen LogP contribution in [0.3, 0.4) is 0 Å². The van der Waals surface area contributed by atoms with Gasteiger partial charge in [-0.25, -0.2) is 0 Å². The van der Waals surface area contributed by atoms with Gasteiger partial charge in [-0.15, -0.1) is 0 Å². The Bertz CT molecular complexity index is 517. The van der Waals surface area contributed by atoms with Crippen molar-refractivity contribution in [2.24, 2.45) is 5.92 Å². The number of rotatable bonds is 5. The van der Waals surface area contributed by atoms with Crippen molar-refractivity contribution < 1.29 is 4.79 Å². The van der Waals surface area contributed by atoms with Crippen molar-refractivity contribution in [1.82, 2.24) is 10.6 Å². The summed E-state index contributed by atoms with van der Waals surface area (Å²) in [5.41, 5.74) is 0.776. The van der Waals surface area contributed by atoms with Gasteiger partial charge in [-0.3, -0.25) is 4.79 Å². The van der Waals surface area contributed by atoms with Crippen molar-refractivity contribution in [3.63, 3.8) is 0 Å². The second-order valence-corrected chi connectivity index (χ2v) is 7.49. The summed E-state index contributed by atoms with van der Waals surface area (Å²) in [5, 5.41) is 7.35. The summed E-state index contributed by atoms with van der Waals surface area (Å²) in [4.78, 5) is 13.0. The van der Waals surface area contributed by atoms with E-state index in [1.54, 1.807) is 0 Å².